The maximum Gasteiger partial charge on any atom is 0.416 e. The molecule has 1 heterocycles. The molecule has 1 amide bonds. The van der Waals surface area contributed by atoms with E-state index < -0.39 is 27.5 Å². The van der Waals surface area contributed by atoms with Crippen LogP contribution >= 0.6 is 23.2 Å². The van der Waals surface area contributed by atoms with Crippen LogP contribution in [0.4, 0.5) is 13.2 Å². The molecular weight excluding hydrogens is 530 g/mol. The minimum absolute atomic E-state index is 0.00928. The van der Waals surface area contributed by atoms with Crippen LogP contribution in [0.15, 0.2) is 35.2 Å². The van der Waals surface area contributed by atoms with Crippen molar-refractivity contribution in [3.05, 3.63) is 62.6 Å². The lowest BCUT2D eigenvalue weighted by Gasteiger charge is -2.23. The van der Waals surface area contributed by atoms with Crippen molar-refractivity contribution in [2.24, 2.45) is 0 Å². The summed E-state index contributed by atoms with van der Waals surface area (Å²) in [6.07, 6.45) is -4.74. The fraction of sp³-hybridized carbons (Fsp3) is 0.409. The predicted molar refractivity (Wildman–Crippen MR) is 126 cm³/mol. The largest absolute Gasteiger partial charge is 0.416 e. The van der Waals surface area contributed by atoms with Gasteiger partial charge in [-0.25, -0.2) is 13.9 Å². The summed E-state index contributed by atoms with van der Waals surface area (Å²) in [7, 11) is -3.61. The van der Waals surface area contributed by atoms with E-state index in [1.807, 2.05) is 0 Å². The Labute approximate surface area is 211 Å². The average Bonchev–Trinajstić information content (AvgIpc) is 3.06. The second-order valence-corrected chi connectivity index (χ2v) is 10.9. The number of carbonyl (C=O) groups is 1. The van der Waals surface area contributed by atoms with E-state index in [2.05, 4.69) is 10.8 Å². The number of alkyl halides is 3. The third kappa shape index (κ3) is 7.08. The van der Waals surface area contributed by atoms with Gasteiger partial charge in [-0.3, -0.25) is 9.69 Å². The highest BCUT2D eigenvalue weighted by Gasteiger charge is 2.36. The molecule has 0 aromatic heterocycles. The number of hydrogen-bond donors (Lipinski definition) is 2. The van der Waals surface area contributed by atoms with Crippen molar-refractivity contribution >= 4 is 38.9 Å². The molecule has 0 bridgehead atoms. The molecule has 0 saturated carbocycles. The Morgan fingerprint density at radius 2 is 1.94 bits per heavy atom. The monoisotopic (exact) mass is 553 g/mol. The van der Waals surface area contributed by atoms with Crippen molar-refractivity contribution in [1.29, 1.82) is 0 Å². The van der Waals surface area contributed by atoms with E-state index in [0.717, 1.165) is 6.07 Å². The topological polar surface area (TPSA) is 87.7 Å². The van der Waals surface area contributed by atoms with Gasteiger partial charge in [0.05, 0.1) is 22.8 Å². The molecule has 35 heavy (non-hydrogen) atoms. The molecule has 192 valence electrons. The number of sulfone groups is 1. The van der Waals surface area contributed by atoms with Crippen LogP contribution in [0.25, 0.3) is 0 Å². The van der Waals surface area contributed by atoms with E-state index in [1.54, 1.807) is 4.90 Å². The standard InChI is InChI=1S/C22H24Cl2F3N3O4S/c1-2-35(32,33)20-4-3-16(23)9-15(20)12-28-21(31)14-10-18(22(25,26)27)17(19(24)11-14)13-30-6-5-29-34-8-7-30/h3-4,9-11,29H,2,5-8,12-13H2,1H3,(H,28,31). The third-order valence-corrected chi connectivity index (χ3v) is 7.86. The highest BCUT2D eigenvalue weighted by molar-refractivity contribution is 7.91. The molecule has 0 spiro atoms. The van der Waals surface area contributed by atoms with Crippen LogP contribution in [0.1, 0.15) is 34.0 Å². The molecule has 2 N–H and O–H groups in total. The van der Waals surface area contributed by atoms with Gasteiger partial charge in [-0.1, -0.05) is 30.1 Å². The SMILES string of the molecule is CCS(=O)(=O)c1ccc(Cl)cc1CNC(=O)c1cc(Cl)c(CN2CCNOCC2)c(C(F)(F)F)c1. The Hall–Kier alpha value is -1.89. The number of halogens is 5. The van der Waals surface area contributed by atoms with Crippen LogP contribution in [0.3, 0.4) is 0 Å². The highest BCUT2D eigenvalue weighted by atomic mass is 35.5. The normalized spacial score (nSPS) is 15.6. The summed E-state index contributed by atoms with van der Waals surface area (Å²) in [5, 5.41) is 2.53. The van der Waals surface area contributed by atoms with Crippen molar-refractivity contribution in [3.63, 3.8) is 0 Å². The molecule has 0 unspecified atom stereocenters. The predicted octanol–water partition coefficient (Wildman–Crippen LogP) is 4.07. The number of benzene rings is 2. The van der Waals surface area contributed by atoms with Crippen molar-refractivity contribution in [2.45, 2.75) is 31.1 Å². The zero-order valence-corrected chi connectivity index (χ0v) is 21.0. The number of nitrogens with one attached hydrogen (secondary N) is 2. The van der Waals surface area contributed by atoms with Gasteiger partial charge in [0.2, 0.25) is 0 Å². The van der Waals surface area contributed by atoms with E-state index in [0.29, 0.717) is 26.2 Å². The molecule has 2 aromatic rings. The number of amides is 1. The van der Waals surface area contributed by atoms with E-state index in [9.17, 15) is 26.4 Å². The van der Waals surface area contributed by atoms with Gasteiger partial charge in [-0.05, 0) is 41.5 Å². The fourth-order valence-corrected chi connectivity index (χ4v) is 5.21. The van der Waals surface area contributed by atoms with Crippen LogP contribution in [0.5, 0.6) is 0 Å². The zero-order chi connectivity index (χ0) is 25.8. The summed E-state index contributed by atoms with van der Waals surface area (Å²) in [4.78, 5) is 19.6. The molecule has 7 nitrogen and oxygen atoms in total. The molecule has 1 saturated heterocycles. The first kappa shape index (κ1) is 27.7. The van der Waals surface area contributed by atoms with Gasteiger partial charge < -0.3 is 10.2 Å². The van der Waals surface area contributed by atoms with E-state index >= 15 is 0 Å². The first-order valence-corrected chi connectivity index (χ1v) is 13.1. The average molecular weight is 554 g/mol. The van der Waals surface area contributed by atoms with Crippen LogP contribution in [-0.4, -0.2) is 51.2 Å². The molecule has 1 fully saturated rings. The van der Waals surface area contributed by atoms with Gasteiger partial charge >= 0.3 is 6.18 Å². The Kier molecular flexibility index (Phi) is 9.06. The third-order valence-electron chi connectivity index (χ3n) is 5.46. The number of hydrogen-bond acceptors (Lipinski definition) is 6. The molecule has 0 atom stereocenters. The van der Waals surface area contributed by atoms with Gasteiger partial charge in [-0.15, -0.1) is 0 Å². The fourth-order valence-electron chi connectivity index (χ4n) is 3.62. The lowest BCUT2D eigenvalue weighted by Crippen LogP contribution is -2.30. The Balaban J connectivity index is 1.87. The first-order chi connectivity index (χ1) is 16.4. The van der Waals surface area contributed by atoms with Crippen molar-refractivity contribution < 1.29 is 31.2 Å². The Morgan fingerprint density at radius 3 is 2.63 bits per heavy atom. The molecule has 1 aliphatic heterocycles. The summed E-state index contributed by atoms with van der Waals surface area (Å²) in [5.74, 6) is -1.00. The number of hydroxylamine groups is 1. The summed E-state index contributed by atoms with van der Waals surface area (Å²) in [6, 6.07) is 6.07. The second kappa shape index (κ2) is 11.4. The highest BCUT2D eigenvalue weighted by Crippen LogP contribution is 2.37. The van der Waals surface area contributed by atoms with Gasteiger partial charge in [0.1, 0.15) is 0 Å². The van der Waals surface area contributed by atoms with Gasteiger partial charge in [-0.2, -0.15) is 13.2 Å². The van der Waals surface area contributed by atoms with Crippen LogP contribution in [0.2, 0.25) is 10.0 Å². The molecule has 1 aliphatic rings. The molecule has 13 heteroatoms. The van der Waals surface area contributed by atoms with Crippen LogP contribution in [0, 0.1) is 0 Å². The Bertz CT molecular complexity index is 1190. The van der Waals surface area contributed by atoms with Crippen molar-refractivity contribution in [2.75, 3.05) is 32.0 Å². The summed E-state index contributed by atoms with van der Waals surface area (Å²) in [6.45, 7) is 2.77. The molecule has 2 aromatic carbocycles. The quantitative estimate of drug-likeness (QED) is 0.537. The van der Waals surface area contributed by atoms with Crippen molar-refractivity contribution in [3.8, 4) is 0 Å². The molecule has 0 aliphatic carbocycles. The molecule has 0 radical (unpaired) electrons. The summed E-state index contributed by atoms with van der Waals surface area (Å²) < 4.78 is 66.4. The van der Waals surface area contributed by atoms with Crippen molar-refractivity contribution in [1.82, 2.24) is 15.7 Å². The number of carbonyl (C=O) groups excluding carboxylic acids is 1. The lowest BCUT2D eigenvalue weighted by atomic mass is 10.0. The maximum atomic E-state index is 13.9. The second-order valence-electron chi connectivity index (χ2n) is 7.84. The van der Waals surface area contributed by atoms with E-state index in [4.69, 9.17) is 28.0 Å². The zero-order valence-electron chi connectivity index (χ0n) is 18.7. The smallest absolute Gasteiger partial charge is 0.348 e. The van der Waals surface area contributed by atoms with E-state index in [1.165, 1.54) is 31.2 Å². The maximum absolute atomic E-state index is 13.9. The van der Waals surface area contributed by atoms with Crippen LogP contribution in [-0.2, 0) is 33.9 Å². The Morgan fingerprint density at radius 1 is 1.20 bits per heavy atom. The number of rotatable bonds is 7. The number of nitrogens with zero attached hydrogens (tertiary/aromatic N) is 1. The minimum atomic E-state index is -4.74. The lowest BCUT2D eigenvalue weighted by molar-refractivity contribution is -0.138. The van der Waals surface area contributed by atoms with E-state index in [-0.39, 0.29) is 50.5 Å². The van der Waals surface area contributed by atoms with Gasteiger partial charge in [0, 0.05) is 48.3 Å². The first-order valence-electron chi connectivity index (χ1n) is 10.7. The minimum Gasteiger partial charge on any atom is -0.348 e. The molecule has 3 rings (SSSR count). The van der Waals surface area contributed by atoms with Crippen LogP contribution < -0.4 is 10.8 Å². The molecular formula is C22H24Cl2F3N3O4S. The summed E-state index contributed by atoms with van der Waals surface area (Å²) >= 11 is 12.2. The van der Waals surface area contributed by atoms with Gasteiger partial charge in [0.25, 0.3) is 5.91 Å². The van der Waals surface area contributed by atoms with Gasteiger partial charge in [0.15, 0.2) is 9.84 Å². The summed E-state index contributed by atoms with van der Waals surface area (Å²) in [5.41, 5.74) is 1.48.